The van der Waals surface area contributed by atoms with Crippen LogP contribution in [0.4, 0.5) is 4.79 Å². The van der Waals surface area contributed by atoms with Gasteiger partial charge in [0.25, 0.3) is 0 Å². The maximum atomic E-state index is 11.3. The van der Waals surface area contributed by atoms with Gasteiger partial charge in [-0.3, -0.25) is 4.90 Å². The normalized spacial score (nSPS) is 13.3. The maximum Gasteiger partial charge on any atom is 0.408 e. The van der Waals surface area contributed by atoms with Crippen molar-refractivity contribution >= 4 is 12.1 Å². The van der Waals surface area contributed by atoms with Crippen molar-refractivity contribution in [3.63, 3.8) is 0 Å². The van der Waals surface area contributed by atoms with E-state index >= 15 is 0 Å². The van der Waals surface area contributed by atoms with E-state index in [0.717, 1.165) is 16.0 Å². The summed E-state index contributed by atoms with van der Waals surface area (Å²) in [7, 11) is 0. The van der Waals surface area contributed by atoms with Gasteiger partial charge in [0, 0.05) is 0 Å². The third kappa shape index (κ3) is 4.63. The lowest BCUT2D eigenvalue weighted by molar-refractivity contribution is -0.144. The molecule has 0 aliphatic carbocycles. The van der Waals surface area contributed by atoms with Gasteiger partial charge in [-0.25, -0.2) is 14.7 Å². The molecule has 3 N–H and O–H groups in total. The number of para-hydroxylation sites is 1. The molecule has 1 radical (unpaired) electrons. The molecule has 0 aliphatic rings. The monoisotopic (exact) mass is 309 g/mol. The summed E-state index contributed by atoms with van der Waals surface area (Å²) in [5.74, 6) is -0.713. The lowest BCUT2D eigenvalue weighted by Gasteiger charge is -2.31. The molecule has 22 heavy (non-hydrogen) atoms. The maximum absolute atomic E-state index is 11.3. The molecular weight excluding hydrogens is 288 g/mol. The second-order valence-corrected chi connectivity index (χ2v) is 5.21. The van der Waals surface area contributed by atoms with Crippen molar-refractivity contribution in [2.75, 3.05) is 6.61 Å². The molecule has 1 aromatic carbocycles. The standard InChI is InChI=1S/C15H21N2O5/c1-9-5-4-6-10(2)14(9)22-8-11(3)17(15(20)21)12(16)7-13(18)19/h4-6,11-12H,7-8,16H2,1-3H3,(H,20,21). The predicted octanol–water partition coefficient (Wildman–Crippen LogP) is 1.68. The Hall–Kier alpha value is -2.28. The number of aryl methyl sites for hydroxylation is 2. The van der Waals surface area contributed by atoms with E-state index in [2.05, 4.69) is 0 Å². The fourth-order valence-corrected chi connectivity index (χ4v) is 2.24. The van der Waals surface area contributed by atoms with Crippen molar-refractivity contribution in [3.05, 3.63) is 29.3 Å². The molecular formula is C15H21N2O5. The second-order valence-electron chi connectivity index (χ2n) is 5.21. The molecule has 0 aromatic heterocycles. The molecule has 2 unspecified atom stereocenters. The van der Waals surface area contributed by atoms with Crippen LogP contribution in [0.15, 0.2) is 18.2 Å². The van der Waals surface area contributed by atoms with Crippen LogP contribution in [0.1, 0.15) is 24.5 Å². The van der Waals surface area contributed by atoms with E-state index in [1.165, 1.54) is 0 Å². The van der Waals surface area contributed by atoms with Crippen LogP contribution in [-0.2, 0) is 9.90 Å². The molecule has 0 fully saturated rings. The fourth-order valence-electron chi connectivity index (χ4n) is 2.24. The van der Waals surface area contributed by atoms with Crippen LogP contribution in [0.25, 0.3) is 0 Å². The zero-order valence-electron chi connectivity index (χ0n) is 12.9. The highest BCUT2D eigenvalue weighted by molar-refractivity contribution is 5.70. The molecule has 1 rings (SSSR count). The van der Waals surface area contributed by atoms with E-state index in [4.69, 9.17) is 10.5 Å². The molecule has 1 amide bonds. The number of nitrogens with zero attached hydrogens (tertiary/aromatic N) is 1. The van der Waals surface area contributed by atoms with Crippen LogP contribution in [0.3, 0.4) is 0 Å². The Morgan fingerprint density at radius 1 is 1.32 bits per heavy atom. The van der Waals surface area contributed by atoms with Crippen molar-refractivity contribution in [1.82, 2.24) is 4.90 Å². The molecule has 1 aromatic rings. The highest BCUT2D eigenvalue weighted by Gasteiger charge is 2.28. The number of rotatable bonds is 7. The Kier molecular flexibility index (Phi) is 6.18. The zero-order chi connectivity index (χ0) is 16.9. The van der Waals surface area contributed by atoms with Gasteiger partial charge < -0.3 is 15.6 Å². The van der Waals surface area contributed by atoms with Gasteiger partial charge in [-0.1, -0.05) is 18.2 Å². The Morgan fingerprint density at radius 3 is 2.32 bits per heavy atom. The summed E-state index contributed by atoms with van der Waals surface area (Å²) < 4.78 is 5.69. The minimum absolute atomic E-state index is 0.0682. The van der Waals surface area contributed by atoms with Crippen molar-refractivity contribution in [1.29, 1.82) is 0 Å². The van der Waals surface area contributed by atoms with Gasteiger partial charge in [0.1, 0.15) is 12.4 Å². The van der Waals surface area contributed by atoms with Gasteiger partial charge >= 0.3 is 12.1 Å². The third-order valence-electron chi connectivity index (χ3n) is 3.31. The highest BCUT2D eigenvalue weighted by Crippen LogP contribution is 2.23. The van der Waals surface area contributed by atoms with Crippen LogP contribution in [0, 0.1) is 13.8 Å². The summed E-state index contributed by atoms with van der Waals surface area (Å²) in [6, 6.07) is 5.08. The Balaban J connectivity index is 2.78. The largest absolute Gasteiger partial charge is 0.491 e. The lowest BCUT2D eigenvalue weighted by atomic mass is 10.1. The Bertz CT molecular complexity index is 526. The number of hydrogen-bond acceptors (Lipinski definition) is 4. The van der Waals surface area contributed by atoms with E-state index in [9.17, 15) is 19.8 Å². The summed E-state index contributed by atoms with van der Waals surface area (Å²) >= 11 is 0. The van der Waals surface area contributed by atoms with Gasteiger partial charge in [0.05, 0.1) is 18.6 Å². The van der Waals surface area contributed by atoms with Crippen molar-refractivity contribution < 1.29 is 24.5 Å². The third-order valence-corrected chi connectivity index (χ3v) is 3.31. The predicted molar refractivity (Wildman–Crippen MR) is 79.0 cm³/mol. The average Bonchev–Trinajstić information content (AvgIpc) is 2.36. The number of carboxylic acid groups (broad SMARTS) is 1. The van der Waals surface area contributed by atoms with Crippen LogP contribution in [0.5, 0.6) is 5.75 Å². The van der Waals surface area contributed by atoms with E-state index in [1.54, 1.807) is 6.92 Å². The minimum Gasteiger partial charge on any atom is -0.491 e. The summed E-state index contributed by atoms with van der Waals surface area (Å²) in [5, 5.41) is 19.8. The number of carbonyl (C=O) groups excluding carboxylic acids is 1. The van der Waals surface area contributed by atoms with E-state index in [-0.39, 0.29) is 6.61 Å². The number of amides is 1. The average molecular weight is 309 g/mol. The lowest BCUT2D eigenvalue weighted by Crippen LogP contribution is -2.52. The van der Waals surface area contributed by atoms with E-state index < -0.39 is 30.7 Å². The van der Waals surface area contributed by atoms with Crippen LogP contribution in [0.2, 0.25) is 0 Å². The molecule has 0 spiro atoms. The fraction of sp³-hybridized carbons (Fsp3) is 0.467. The quantitative estimate of drug-likeness (QED) is 0.744. The molecule has 0 saturated carbocycles. The number of hydrogen-bond donors (Lipinski definition) is 2. The van der Waals surface area contributed by atoms with Gasteiger partial charge in [0.15, 0.2) is 0 Å². The molecule has 121 valence electrons. The first-order valence-electron chi connectivity index (χ1n) is 6.89. The summed E-state index contributed by atoms with van der Waals surface area (Å²) in [5.41, 5.74) is 7.49. The van der Waals surface area contributed by atoms with Crippen LogP contribution >= 0.6 is 0 Å². The Morgan fingerprint density at radius 2 is 1.86 bits per heavy atom. The topological polar surface area (TPSA) is 113 Å². The van der Waals surface area contributed by atoms with Crippen molar-refractivity contribution in [2.24, 2.45) is 5.73 Å². The van der Waals surface area contributed by atoms with Crippen LogP contribution < -0.4 is 10.5 Å². The van der Waals surface area contributed by atoms with Crippen molar-refractivity contribution in [2.45, 2.75) is 39.4 Å². The summed E-state index contributed by atoms with van der Waals surface area (Å²) in [6.45, 7) is 5.46. The Labute approximate surface area is 129 Å². The zero-order valence-corrected chi connectivity index (χ0v) is 12.9. The molecule has 0 saturated heterocycles. The van der Waals surface area contributed by atoms with Gasteiger partial charge in [0.2, 0.25) is 0 Å². The number of benzene rings is 1. The minimum atomic E-state index is -1.40. The molecule has 2 atom stereocenters. The van der Waals surface area contributed by atoms with Crippen molar-refractivity contribution in [3.8, 4) is 5.75 Å². The van der Waals surface area contributed by atoms with Gasteiger partial charge in [-0.2, -0.15) is 0 Å². The van der Waals surface area contributed by atoms with Gasteiger partial charge in [-0.15, -0.1) is 0 Å². The van der Waals surface area contributed by atoms with E-state index in [1.807, 2.05) is 32.0 Å². The molecule has 0 aliphatic heterocycles. The SMILES string of the molecule is Cc1cccc(C)c1OCC(C)N(C(=O)O)C(N)CC([O])=O. The van der Waals surface area contributed by atoms with Crippen LogP contribution in [-0.4, -0.2) is 40.9 Å². The number of ether oxygens (including phenoxy) is 1. The molecule has 0 heterocycles. The number of carbonyl (C=O) groups is 2. The highest BCUT2D eigenvalue weighted by atomic mass is 16.5. The second kappa shape index (κ2) is 7.65. The first kappa shape index (κ1) is 17.8. The number of nitrogens with two attached hydrogens (primary N) is 1. The molecule has 0 bridgehead atoms. The first-order valence-corrected chi connectivity index (χ1v) is 6.89. The molecule has 7 heteroatoms. The van der Waals surface area contributed by atoms with E-state index in [0.29, 0.717) is 5.75 Å². The molecule has 7 nitrogen and oxygen atoms in total. The summed E-state index contributed by atoms with van der Waals surface area (Å²) in [6.07, 6.45) is -3.05. The smallest absolute Gasteiger partial charge is 0.408 e. The van der Waals surface area contributed by atoms with Gasteiger partial charge in [-0.05, 0) is 31.9 Å². The first-order chi connectivity index (χ1) is 10.2. The summed E-state index contributed by atoms with van der Waals surface area (Å²) in [4.78, 5) is 22.7.